The molecule has 2 atom stereocenters. The van der Waals surface area contributed by atoms with E-state index in [0.29, 0.717) is 0 Å². The summed E-state index contributed by atoms with van der Waals surface area (Å²) in [5.74, 6) is 0. The van der Waals surface area contributed by atoms with Gasteiger partial charge >= 0.3 is 0 Å². The Bertz CT molecular complexity index is 243. The Morgan fingerprint density at radius 2 is 1.31 bits per heavy atom. The SMILES string of the molecule is C1=CCC(OC2C=CC=CC2)C=C1. The van der Waals surface area contributed by atoms with Crippen molar-refractivity contribution in [3.8, 4) is 0 Å². The molecule has 2 unspecified atom stereocenters. The Morgan fingerprint density at radius 1 is 0.769 bits per heavy atom. The molecule has 0 spiro atoms. The van der Waals surface area contributed by atoms with Crippen LogP contribution in [-0.2, 0) is 4.74 Å². The van der Waals surface area contributed by atoms with Crippen LogP contribution in [0.25, 0.3) is 0 Å². The lowest BCUT2D eigenvalue weighted by Gasteiger charge is -2.21. The van der Waals surface area contributed by atoms with E-state index in [1.807, 2.05) is 0 Å². The lowest BCUT2D eigenvalue weighted by atomic mass is 10.1. The van der Waals surface area contributed by atoms with E-state index >= 15 is 0 Å². The molecular weight excluding hydrogens is 160 g/mol. The lowest BCUT2D eigenvalue weighted by molar-refractivity contribution is 0.0438. The van der Waals surface area contributed by atoms with Crippen molar-refractivity contribution in [2.45, 2.75) is 25.0 Å². The molecule has 0 fully saturated rings. The fraction of sp³-hybridized carbons (Fsp3) is 0.333. The fourth-order valence-electron chi connectivity index (χ4n) is 1.54. The molecule has 0 N–H and O–H groups in total. The van der Waals surface area contributed by atoms with E-state index in [0.717, 1.165) is 12.8 Å². The van der Waals surface area contributed by atoms with Crippen LogP contribution in [0, 0.1) is 0 Å². The van der Waals surface area contributed by atoms with Crippen LogP contribution >= 0.6 is 0 Å². The van der Waals surface area contributed by atoms with Crippen LogP contribution in [0.2, 0.25) is 0 Å². The van der Waals surface area contributed by atoms with Crippen LogP contribution < -0.4 is 0 Å². The summed E-state index contributed by atoms with van der Waals surface area (Å²) in [6.45, 7) is 0. The Labute approximate surface area is 79.1 Å². The van der Waals surface area contributed by atoms with Gasteiger partial charge in [0, 0.05) is 0 Å². The van der Waals surface area contributed by atoms with Crippen LogP contribution in [0.3, 0.4) is 0 Å². The minimum atomic E-state index is 0.270. The third-order valence-electron chi connectivity index (χ3n) is 2.23. The second kappa shape index (κ2) is 4.24. The largest absolute Gasteiger partial charge is 0.366 e. The summed E-state index contributed by atoms with van der Waals surface area (Å²) in [4.78, 5) is 0. The predicted octanol–water partition coefficient (Wildman–Crippen LogP) is 2.77. The monoisotopic (exact) mass is 174 g/mol. The zero-order valence-electron chi connectivity index (χ0n) is 7.60. The first-order valence-corrected chi connectivity index (χ1v) is 4.77. The first kappa shape index (κ1) is 8.52. The molecular formula is C12H14O. The average molecular weight is 174 g/mol. The van der Waals surface area contributed by atoms with Gasteiger partial charge in [-0.1, -0.05) is 48.6 Å². The molecule has 0 heterocycles. The number of allylic oxidation sites excluding steroid dienone is 4. The van der Waals surface area contributed by atoms with E-state index in [1.54, 1.807) is 0 Å². The van der Waals surface area contributed by atoms with Gasteiger partial charge in [0.25, 0.3) is 0 Å². The highest BCUT2D eigenvalue weighted by atomic mass is 16.5. The molecule has 0 saturated carbocycles. The maximum Gasteiger partial charge on any atom is 0.0801 e. The number of hydrogen-bond acceptors (Lipinski definition) is 1. The van der Waals surface area contributed by atoms with Crippen LogP contribution in [0.15, 0.2) is 48.6 Å². The van der Waals surface area contributed by atoms with Gasteiger partial charge in [-0.3, -0.25) is 0 Å². The molecule has 2 rings (SSSR count). The zero-order valence-corrected chi connectivity index (χ0v) is 7.60. The first-order valence-electron chi connectivity index (χ1n) is 4.77. The van der Waals surface area contributed by atoms with E-state index in [1.165, 1.54) is 0 Å². The Balaban J connectivity index is 1.84. The molecule has 0 bridgehead atoms. The van der Waals surface area contributed by atoms with Crippen molar-refractivity contribution >= 4 is 0 Å². The van der Waals surface area contributed by atoms with Crippen LogP contribution in [-0.4, -0.2) is 12.2 Å². The molecule has 1 heteroatoms. The second-order valence-electron chi connectivity index (χ2n) is 3.31. The molecule has 13 heavy (non-hydrogen) atoms. The maximum atomic E-state index is 5.86. The molecule has 0 amide bonds. The van der Waals surface area contributed by atoms with Crippen molar-refractivity contribution in [3.63, 3.8) is 0 Å². The third-order valence-corrected chi connectivity index (χ3v) is 2.23. The fourth-order valence-corrected chi connectivity index (χ4v) is 1.54. The average Bonchev–Trinajstić information content (AvgIpc) is 2.21. The Morgan fingerprint density at radius 3 is 1.69 bits per heavy atom. The summed E-state index contributed by atoms with van der Waals surface area (Å²) in [7, 11) is 0. The van der Waals surface area contributed by atoms with Gasteiger partial charge in [0.2, 0.25) is 0 Å². The zero-order chi connectivity index (χ0) is 8.93. The van der Waals surface area contributed by atoms with E-state index in [9.17, 15) is 0 Å². The van der Waals surface area contributed by atoms with Gasteiger partial charge < -0.3 is 4.74 Å². The normalized spacial score (nSPS) is 31.1. The molecule has 0 aromatic heterocycles. The van der Waals surface area contributed by atoms with E-state index < -0.39 is 0 Å². The molecule has 68 valence electrons. The van der Waals surface area contributed by atoms with E-state index in [-0.39, 0.29) is 12.2 Å². The summed E-state index contributed by atoms with van der Waals surface area (Å²) in [5.41, 5.74) is 0. The van der Waals surface area contributed by atoms with Gasteiger partial charge in [-0.15, -0.1) is 0 Å². The molecule has 0 aromatic rings. The van der Waals surface area contributed by atoms with Gasteiger partial charge in [-0.05, 0) is 12.8 Å². The summed E-state index contributed by atoms with van der Waals surface area (Å²) in [6.07, 6.45) is 19.3. The van der Waals surface area contributed by atoms with Gasteiger partial charge in [0.1, 0.15) is 0 Å². The summed E-state index contributed by atoms with van der Waals surface area (Å²) in [5, 5.41) is 0. The number of hydrogen-bond donors (Lipinski definition) is 0. The van der Waals surface area contributed by atoms with Crippen molar-refractivity contribution in [2.24, 2.45) is 0 Å². The quantitative estimate of drug-likeness (QED) is 0.625. The van der Waals surface area contributed by atoms with Crippen LogP contribution in [0.5, 0.6) is 0 Å². The molecule has 1 nitrogen and oxygen atoms in total. The Hall–Kier alpha value is -1.08. The molecule has 0 saturated heterocycles. The maximum absolute atomic E-state index is 5.86. The van der Waals surface area contributed by atoms with Gasteiger partial charge in [0.15, 0.2) is 0 Å². The molecule has 2 aliphatic carbocycles. The second-order valence-corrected chi connectivity index (χ2v) is 3.31. The summed E-state index contributed by atoms with van der Waals surface area (Å²) < 4.78 is 5.86. The highest BCUT2D eigenvalue weighted by Gasteiger charge is 2.11. The van der Waals surface area contributed by atoms with Crippen LogP contribution in [0.4, 0.5) is 0 Å². The minimum absolute atomic E-state index is 0.270. The van der Waals surface area contributed by atoms with E-state index in [2.05, 4.69) is 48.6 Å². The highest BCUT2D eigenvalue weighted by Crippen LogP contribution is 2.15. The molecule has 0 aliphatic heterocycles. The molecule has 2 aliphatic rings. The molecule has 0 aromatic carbocycles. The summed E-state index contributed by atoms with van der Waals surface area (Å²) in [6, 6.07) is 0. The van der Waals surface area contributed by atoms with Crippen molar-refractivity contribution in [1.82, 2.24) is 0 Å². The molecule has 0 radical (unpaired) electrons. The highest BCUT2D eigenvalue weighted by molar-refractivity contribution is 5.14. The van der Waals surface area contributed by atoms with E-state index in [4.69, 9.17) is 4.74 Å². The summed E-state index contributed by atoms with van der Waals surface area (Å²) >= 11 is 0. The van der Waals surface area contributed by atoms with Crippen molar-refractivity contribution in [1.29, 1.82) is 0 Å². The van der Waals surface area contributed by atoms with Crippen molar-refractivity contribution < 1.29 is 4.74 Å². The van der Waals surface area contributed by atoms with Crippen molar-refractivity contribution in [2.75, 3.05) is 0 Å². The number of rotatable bonds is 2. The smallest absolute Gasteiger partial charge is 0.0801 e. The topological polar surface area (TPSA) is 9.23 Å². The lowest BCUT2D eigenvalue weighted by Crippen LogP contribution is -2.19. The number of ether oxygens (including phenoxy) is 1. The van der Waals surface area contributed by atoms with Gasteiger partial charge in [0.05, 0.1) is 12.2 Å². The van der Waals surface area contributed by atoms with Crippen molar-refractivity contribution in [3.05, 3.63) is 48.6 Å². The minimum Gasteiger partial charge on any atom is -0.366 e. The first-order chi connectivity index (χ1) is 6.45. The Kier molecular flexibility index (Phi) is 2.78. The van der Waals surface area contributed by atoms with Gasteiger partial charge in [-0.25, -0.2) is 0 Å². The van der Waals surface area contributed by atoms with Gasteiger partial charge in [-0.2, -0.15) is 0 Å². The van der Waals surface area contributed by atoms with Crippen LogP contribution in [0.1, 0.15) is 12.8 Å². The third kappa shape index (κ3) is 2.43. The predicted molar refractivity (Wildman–Crippen MR) is 54.5 cm³/mol. The standard InChI is InChI=1S/C12H14O/c1-3-7-11(8-4-1)13-12-9-5-2-6-10-12/h1-7,9,11-12H,8,10H2.